The van der Waals surface area contributed by atoms with Crippen molar-refractivity contribution in [3.05, 3.63) is 83.1 Å². The molecule has 1 unspecified atom stereocenters. The first kappa shape index (κ1) is 13.2. The zero-order valence-corrected chi connectivity index (χ0v) is 12.1. The Morgan fingerprint density at radius 2 is 1.60 bits per heavy atom. The summed E-state index contributed by atoms with van der Waals surface area (Å²) in [7, 11) is 0. The number of rotatable bonds is 3. The summed E-state index contributed by atoms with van der Waals surface area (Å²) in [5.74, 6) is 0. The third-order valence-corrected chi connectivity index (χ3v) is 3.83. The monoisotopic (exact) mass is 302 g/mol. The Bertz CT molecular complexity index is 690. The molecule has 0 saturated carbocycles. The Morgan fingerprint density at radius 1 is 0.900 bits per heavy atom. The van der Waals surface area contributed by atoms with Crippen LogP contribution in [0.25, 0.3) is 5.69 Å². The van der Waals surface area contributed by atoms with Crippen LogP contribution in [0.5, 0.6) is 0 Å². The van der Waals surface area contributed by atoms with Crippen molar-refractivity contribution in [1.82, 2.24) is 9.78 Å². The van der Waals surface area contributed by atoms with Crippen molar-refractivity contribution in [1.29, 1.82) is 0 Å². The van der Waals surface area contributed by atoms with E-state index in [1.165, 1.54) is 0 Å². The molecule has 2 nitrogen and oxygen atoms in total. The SMILES string of the molecule is Clc1ccc(C(Cl)c2cnn(-c3ccccc3)c2)cc1. The Morgan fingerprint density at radius 3 is 2.30 bits per heavy atom. The number of nitrogens with zero attached hydrogens (tertiary/aromatic N) is 2. The predicted molar refractivity (Wildman–Crippen MR) is 82.7 cm³/mol. The number of alkyl halides is 1. The number of para-hydroxylation sites is 1. The fraction of sp³-hybridized carbons (Fsp3) is 0.0625. The minimum Gasteiger partial charge on any atom is -0.241 e. The zero-order valence-electron chi connectivity index (χ0n) is 10.6. The standard InChI is InChI=1S/C16H12Cl2N2/c17-14-8-6-12(7-9-14)16(18)13-10-19-20(11-13)15-4-2-1-3-5-15/h1-11,16H. The van der Waals surface area contributed by atoms with E-state index in [9.17, 15) is 0 Å². The number of benzene rings is 2. The summed E-state index contributed by atoms with van der Waals surface area (Å²) >= 11 is 12.4. The lowest BCUT2D eigenvalue weighted by atomic mass is 10.1. The molecule has 0 aliphatic carbocycles. The first-order valence-corrected chi connectivity index (χ1v) is 7.05. The van der Waals surface area contributed by atoms with Crippen LogP contribution in [0.1, 0.15) is 16.5 Å². The van der Waals surface area contributed by atoms with Gasteiger partial charge >= 0.3 is 0 Å². The summed E-state index contributed by atoms with van der Waals surface area (Å²) in [6.45, 7) is 0. The summed E-state index contributed by atoms with van der Waals surface area (Å²) in [6.07, 6.45) is 3.74. The van der Waals surface area contributed by atoms with Gasteiger partial charge < -0.3 is 0 Å². The van der Waals surface area contributed by atoms with Gasteiger partial charge in [0.25, 0.3) is 0 Å². The van der Waals surface area contributed by atoms with Gasteiger partial charge in [-0.25, -0.2) is 4.68 Å². The highest BCUT2D eigenvalue weighted by Gasteiger charge is 2.13. The van der Waals surface area contributed by atoms with Crippen LogP contribution < -0.4 is 0 Å². The lowest BCUT2D eigenvalue weighted by molar-refractivity contribution is 0.880. The van der Waals surface area contributed by atoms with Crippen molar-refractivity contribution in [3.8, 4) is 5.69 Å². The van der Waals surface area contributed by atoms with Gasteiger partial charge in [-0.3, -0.25) is 0 Å². The average molecular weight is 303 g/mol. The zero-order chi connectivity index (χ0) is 13.9. The van der Waals surface area contributed by atoms with Gasteiger partial charge in [0.2, 0.25) is 0 Å². The minimum atomic E-state index is -0.232. The van der Waals surface area contributed by atoms with Crippen LogP contribution in [0.15, 0.2) is 67.0 Å². The number of aromatic nitrogens is 2. The molecule has 3 rings (SSSR count). The number of hydrogen-bond acceptors (Lipinski definition) is 1. The molecule has 20 heavy (non-hydrogen) atoms. The molecular formula is C16H12Cl2N2. The first-order chi connectivity index (χ1) is 9.74. The van der Waals surface area contributed by atoms with Gasteiger partial charge in [-0.15, -0.1) is 11.6 Å². The fourth-order valence-corrected chi connectivity index (χ4v) is 2.40. The molecular weight excluding hydrogens is 291 g/mol. The van der Waals surface area contributed by atoms with Gasteiger partial charge in [0.1, 0.15) is 0 Å². The van der Waals surface area contributed by atoms with Crippen LogP contribution in [0, 0.1) is 0 Å². The maximum absolute atomic E-state index is 6.49. The summed E-state index contributed by atoms with van der Waals surface area (Å²) < 4.78 is 1.82. The van der Waals surface area contributed by atoms with E-state index in [-0.39, 0.29) is 5.38 Å². The average Bonchev–Trinajstić information content (AvgIpc) is 2.98. The molecule has 0 radical (unpaired) electrons. The van der Waals surface area contributed by atoms with Gasteiger partial charge in [0, 0.05) is 16.8 Å². The molecule has 0 aliphatic heterocycles. The normalized spacial score (nSPS) is 12.3. The molecule has 0 saturated heterocycles. The number of halogens is 2. The Hall–Kier alpha value is -1.77. The fourth-order valence-electron chi connectivity index (χ4n) is 2.01. The van der Waals surface area contributed by atoms with Crippen molar-refractivity contribution in [3.63, 3.8) is 0 Å². The summed E-state index contributed by atoms with van der Waals surface area (Å²) in [6, 6.07) is 17.5. The van der Waals surface area contributed by atoms with Crippen molar-refractivity contribution in [2.75, 3.05) is 0 Å². The van der Waals surface area contributed by atoms with E-state index in [2.05, 4.69) is 5.10 Å². The van der Waals surface area contributed by atoms with E-state index in [4.69, 9.17) is 23.2 Å². The summed E-state index contributed by atoms with van der Waals surface area (Å²) in [5.41, 5.74) is 2.97. The minimum absolute atomic E-state index is 0.232. The third kappa shape index (κ3) is 2.72. The second-order valence-electron chi connectivity index (χ2n) is 4.47. The second kappa shape index (κ2) is 5.70. The molecule has 0 bridgehead atoms. The van der Waals surface area contributed by atoms with E-state index in [1.54, 1.807) is 6.20 Å². The molecule has 1 atom stereocenters. The first-order valence-electron chi connectivity index (χ1n) is 6.23. The lowest BCUT2D eigenvalue weighted by Gasteiger charge is -2.07. The molecule has 0 N–H and O–H groups in total. The molecule has 0 amide bonds. The van der Waals surface area contributed by atoms with Crippen LogP contribution in [0.2, 0.25) is 5.02 Å². The van der Waals surface area contributed by atoms with Gasteiger partial charge in [-0.2, -0.15) is 5.10 Å². The van der Waals surface area contributed by atoms with E-state index in [1.807, 2.05) is 65.5 Å². The molecule has 3 aromatic rings. The maximum atomic E-state index is 6.49. The molecule has 100 valence electrons. The van der Waals surface area contributed by atoms with Crippen molar-refractivity contribution in [2.45, 2.75) is 5.38 Å². The summed E-state index contributed by atoms with van der Waals surface area (Å²) in [4.78, 5) is 0. The third-order valence-electron chi connectivity index (χ3n) is 3.08. The van der Waals surface area contributed by atoms with Crippen molar-refractivity contribution < 1.29 is 0 Å². The van der Waals surface area contributed by atoms with Crippen LogP contribution in [0.3, 0.4) is 0 Å². The highest BCUT2D eigenvalue weighted by Crippen LogP contribution is 2.29. The quantitative estimate of drug-likeness (QED) is 0.632. The van der Waals surface area contributed by atoms with Gasteiger partial charge in [-0.05, 0) is 29.8 Å². The van der Waals surface area contributed by atoms with Crippen LogP contribution in [-0.2, 0) is 0 Å². The number of hydrogen-bond donors (Lipinski definition) is 0. The van der Waals surface area contributed by atoms with Gasteiger partial charge in [0.15, 0.2) is 0 Å². The van der Waals surface area contributed by atoms with Crippen LogP contribution in [0.4, 0.5) is 0 Å². The molecule has 1 heterocycles. The summed E-state index contributed by atoms with van der Waals surface area (Å²) in [5, 5.41) is 4.83. The van der Waals surface area contributed by atoms with E-state index in [0.29, 0.717) is 5.02 Å². The predicted octanol–water partition coefficient (Wildman–Crippen LogP) is 4.85. The Kier molecular flexibility index (Phi) is 3.77. The largest absolute Gasteiger partial charge is 0.241 e. The second-order valence-corrected chi connectivity index (χ2v) is 5.34. The molecule has 0 aliphatic rings. The molecule has 4 heteroatoms. The van der Waals surface area contributed by atoms with Crippen molar-refractivity contribution in [2.24, 2.45) is 0 Å². The Balaban J connectivity index is 1.88. The van der Waals surface area contributed by atoms with Crippen LogP contribution >= 0.6 is 23.2 Å². The lowest BCUT2D eigenvalue weighted by Crippen LogP contribution is -1.94. The molecule has 0 spiro atoms. The maximum Gasteiger partial charge on any atom is 0.0865 e. The Labute approximate surface area is 127 Å². The smallest absolute Gasteiger partial charge is 0.0865 e. The van der Waals surface area contributed by atoms with Gasteiger partial charge in [-0.1, -0.05) is 41.9 Å². The van der Waals surface area contributed by atoms with E-state index < -0.39 is 0 Å². The highest BCUT2D eigenvalue weighted by atomic mass is 35.5. The van der Waals surface area contributed by atoms with Gasteiger partial charge in [0.05, 0.1) is 17.3 Å². The van der Waals surface area contributed by atoms with Crippen LogP contribution in [-0.4, -0.2) is 9.78 Å². The van der Waals surface area contributed by atoms with Crippen molar-refractivity contribution >= 4 is 23.2 Å². The molecule has 2 aromatic carbocycles. The molecule has 1 aromatic heterocycles. The molecule has 0 fully saturated rings. The van der Waals surface area contributed by atoms with E-state index >= 15 is 0 Å². The topological polar surface area (TPSA) is 17.8 Å². The highest BCUT2D eigenvalue weighted by molar-refractivity contribution is 6.30. The van der Waals surface area contributed by atoms with E-state index in [0.717, 1.165) is 16.8 Å².